The summed E-state index contributed by atoms with van der Waals surface area (Å²) < 4.78 is 6.17. The molecule has 5 heteroatoms. The molecule has 1 aliphatic heterocycles. The quantitative estimate of drug-likeness (QED) is 0.518. The van der Waals surface area contributed by atoms with Crippen LogP contribution in [0.1, 0.15) is 28.3 Å². The Kier molecular flexibility index (Phi) is 5.64. The second-order valence-corrected chi connectivity index (χ2v) is 8.28. The van der Waals surface area contributed by atoms with E-state index in [0.717, 1.165) is 32.5 Å². The van der Waals surface area contributed by atoms with E-state index in [4.69, 9.17) is 4.74 Å². The van der Waals surface area contributed by atoms with Gasteiger partial charge in [-0.2, -0.15) is 0 Å². The number of hydrogen-bond donors (Lipinski definition) is 1. The number of ether oxygens (including phenoxy) is 1. The van der Waals surface area contributed by atoms with Crippen LogP contribution >= 0.6 is 15.9 Å². The van der Waals surface area contributed by atoms with E-state index >= 15 is 0 Å². The molecular weight excluding hydrogens is 442 g/mol. The van der Waals surface area contributed by atoms with Gasteiger partial charge in [-0.15, -0.1) is 0 Å². The van der Waals surface area contributed by atoms with Crippen LogP contribution in [0.3, 0.4) is 0 Å². The molecule has 152 valence electrons. The molecule has 30 heavy (non-hydrogen) atoms. The third-order valence-electron chi connectivity index (χ3n) is 5.34. The number of amides is 1. The summed E-state index contributed by atoms with van der Waals surface area (Å²) in [5.41, 5.74) is 4.50. The van der Waals surface area contributed by atoms with Gasteiger partial charge in [0.05, 0.1) is 13.2 Å². The molecule has 0 bridgehead atoms. The SMILES string of the molecule is COc1ccc(C2=C(O)C(=O)N(Cc3ccc(C)cc3)C2c2cccc(Br)c2)cc1. The van der Waals surface area contributed by atoms with Crippen molar-refractivity contribution in [3.8, 4) is 5.75 Å². The average Bonchev–Trinajstić information content (AvgIpc) is 3.00. The number of carbonyl (C=O) groups excluding carboxylic acids is 1. The van der Waals surface area contributed by atoms with Gasteiger partial charge in [0.2, 0.25) is 0 Å². The van der Waals surface area contributed by atoms with Crippen molar-refractivity contribution in [2.24, 2.45) is 0 Å². The van der Waals surface area contributed by atoms with Gasteiger partial charge in [0.25, 0.3) is 5.91 Å². The number of rotatable bonds is 5. The molecule has 0 spiro atoms. The van der Waals surface area contributed by atoms with Gasteiger partial charge in [0.1, 0.15) is 5.75 Å². The van der Waals surface area contributed by atoms with Crippen molar-refractivity contribution in [2.45, 2.75) is 19.5 Å². The van der Waals surface area contributed by atoms with Crippen LogP contribution in [0.25, 0.3) is 5.57 Å². The molecule has 0 aromatic heterocycles. The number of aryl methyl sites for hydroxylation is 1. The predicted octanol–water partition coefficient (Wildman–Crippen LogP) is 5.82. The van der Waals surface area contributed by atoms with Crippen molar-refractivity contribution in [1.29, 1.82) is 0 Å². The number of aliphatic hydroxyl groups is 1. The fourth-order valence-electron chi connectivity index (χ4n) is 3.80. The van der Waals surface area contributed by atoms with Gasteiger partial charge in [-0.1, -0.05) is 70.0 Å². The molecule has 3 aromatic carbocycles. The molecule has 1 atom stereocenters. The topological polar surface area (TPSA) is 49.8 Å². The molecule has 0 saturated carbocycles. The lowest BCUT2D eigenvalue weighted by Crippen LogP contribution is -2.29. The van der Waals surface area contributed by atoms with Gasteiger partial charge in [0.15, 0.2) is 5.76 Å². The molecule has 1 unspecified atom stereocenters. The van der Waals surface area contributed by atoms with Crippen molar-refractivity contribution in [3.63, 3.8) is 0 Å². The largest absolute Gasteiger partial charge is 0.503 e. The van der Waals surface area contributed by atoms with E-state index in [9.17, 15) is 9.90 Å². The monoisotopic (exact) mass is 463 g/mol. The van der Waals surface area contributed by atoms with Gasteiger partial charge < -0.3 is 14.7 Å². The molecule has 0 aliphatic carbocycles. The number of hydrogen-bond acceptors (Lipinski definition) is 3. The van der Waals surface area contributed by atoms with Crippen LogP contribution in [-0.2, 0) is 11.3 Å². The van der Waals surface area contributed by atoms with Crippen molar-refractivity contribution in [1.82, 2.24) is 4.90 Å². The molecule has 1 heterocycles. The van der Waals surface area contributed by atoms with Crippen molar-refractivity contribution in [2.75, 3.05) is 7.11 Å². The Balaban J connectivity index is 1.80. The Morgan fingerprint density at radius 2 is 1.73 bits per heavy atom. The summed E-state index contributed by atoms with van der Waals surface area (Å²) in [6.45, 7) is 2.43. The van der Waals surface area contributed by atoms with Gasteiger partial charge in [-0.25, -0.2) is 0 Å². The number of halogens is 1. The van der Waals surface area contributed by atoms with Crippen molar-refractivity contribution in [3.05, 3.63) is 105 Å². The smallest absolute Gasteiger partial charge is 0.290 e. The molecule has 4 nitrogen and oxygen atoms in total. The first-order valence-electron chi connectivity index (χ1n) is 9.67. The molecule has 1 aliphatic rings. The first-order chi connectivity index (χ1) is 14.5. The van der Waals surface area contributed by atoms with Crippen molar-refractivity contribution < 1.29 is 14.6 Å². The molecule has 1 N–H and O–H groups in total. The predicted molar refractivity (Wildman–Crippen MR) is 121 cm³/mol. The minimum Gasteiger partial charge on any atom is -0.503 e. The molecule has 0 fully saturated rings. The standard InChI is InChI=1S/C25H22BrNO3/c1-16-6-8-17(9-7-16)15-27-23(19-4-3-5-20(26)14-19)22(24(28)25(27)29)18-10-12-21(30-2)13-11-18/h3-14,23,28H,15H2,1-2H3. The van der Waals surface area contributed by atoms with Gasteiger partial charge in [-0.3, -0.25) is 4.79 Å². The van der Waals surface area contributed by atoms with E-state index in [-0.39, 0.29) is 11.7 Å². The van der Waals surface area contributed by atoms with Gasteiger partial charge >= 0.3 is 0 Å². The molecule has 0 saturated heterocycles. The van der Waals surface area contributed by atoms with E-state index in [0.29, 0.717) is 12.1 Å². The fourth-order valence-corrected chi connectivity index (χ4v) is 4.21. The first kappa shape index (κ1) is 20.2. The Bertz CT molecular complexity index is 1100. The van der Waals surface area contributed by atoms with Crippen LogP contribution in [0.5, 0.6) is 5.75 Å². The summed E-state index contributed by atoms with van der Waals surface area (Å²) in [6.07, 6.45) is 0. The first-order valence-corrected chi connectivity index (χ1v) is 10.5. The molecular formula is C25H22BrNO3. The summed E-state index contributed by atoms with van der Waals surface area (Å²) in [7, 11) is 1.61. The molecule has 1 amide bonds. The summed E-state index contributed by atoms with van der Waals surface area (Å²) >= 11 is 3.53. The summed E-state index contributed by atoms with van der Waals surface area (Å²) in [5, 5.41) is 10.9. The summed E-state index contributed by atoms with van der Waals surface area (Å²) in [5.74, 6) is 0.141. The fraction of sp³-hybridized carbons (Fsp3) is 0.160. The van der Waals surface area contributed by atoms with Crippen LogP contribution in [0, 0.1) is 6.92 Å². The highest BCUT2D eigenvalue weighted by atomic mass is 79.9. The number of benzene rings is 3. The second kappa shape index (κ2) is 8.36. The van der Waals surface area contributed by atoms with E-state index < -0.39 is 6.04 Å². The lowest BCUT2D eigenvalue weighted by atomic mass is 9.93. The van der Waals surface area contributed by atoms with Gasteiger partial charge in [-0.05, 0) is 47.9 Å². The van der Waals surface area contributed by atoms with Crippen LogP contribution in [-0.4, -0.2) is 23.0 Å². The van der Waals surface area contributed by atoms with Crippen LogP contribution < -0.4 is 4.74 Å². The number of carbonyl (C=O) groups is 1. The average molecular weight is 464 g/mol. The maximum atomic E-state index is 13.1. The van der Waals surface area contributed by atoms with E-state index in [1.54, 1.807) is 12.0 Å². The molecule has 4 rings (SSSR count). The molecule has 3 aromatic rings. The third kappa shape index (κ3) is 3.85. The Morgan fingerprint density at radius 1 is 1.03 bits per heavy atom. The summed E-state index contributed by atoms with van der Waals surface area (Å²) in [6, 6.07) is 23.0. The number of methoxy groups -OCH3 is 1. The van der Waals surface area contributed by atoms with Crippen LogP contribution in [0.4, 0.5) is 0 Å². The number of nitrogens with zero attached hydrogens (tertiary/aromatic N) is 1. The zero-order valence-electron chi connectivity index (χ0n) is 16.8. The zero-order chi connectivity index (χ0) is 21.3. The van der Waals surface area contributed by atoms with Crippen LogP contribution in [0.2, 0.25) is 0 Å². The lowest BCUT2D eigenvalue weighted by molar-refractivity contribution is -0.130. The highest BCUT2D eigenvalue weighted by Crippen LogP contribution is 2.44. The highest BCUT2D eigenvalue weighted by molar-refractivity contribution is 9.10. The van der Waals surface area contributed by atoms with Gasteiger partial charge in [0, 0.05) is 16.6 Å². The highest BCUT2D eigenvalue weighted by Gasteiger charge is 2.41. The maximum Gasteiger partial charge on any atom is 0.290 e. The zero-order valence-corrected chi connectivity index (χ0v) is 18.4. The lowest BCUT2D eigenvalue weighted by Gasteiger charge is -2.28. The van der Waals surface area contributed by atoms with Crippen LogP contribution in [0.15, 0.2) is 83.0 Å². The molecule has 0 radical (unpaired) electrons. The minimum absolute atomic E-state index is 0.211. The normalized spacial score (nSPS) is 16.3. The third-order valence-corrected chi connectivity index (χ3v) is 5.84. The minimum atomic E-state index is -0.398. The Morgan fingerprint density at radius 3 is 2.37 bits per heavy atom. The Labute approximate surface area is 184 Å². The van der Waals surface area contributed by atoms with E-state index in [2.05, 4.69) is 15.9 Å². The van der Waals surface area contributed by atoms with E-state index in [1.807, 2.05) is 79.7 Å². The number of aliphatic hydroxyl groups excluding tert-OH is 1. The summed E-state index contributed by atoms with van der Waals surface area (Å²) in [4.78, 5) is 14.9. The second-order valence-electron chi connectivity index (χ2n) is 7.37. The maximum absolute atomic E-state index is 13.1. The van der Waals surface area contributed by atoms with E-state index in [1.165, 1.54) is 0 Å². The Hall–Kier alpha value is -3.05. The van der Waals surface area contributed by atoms with Crippen molar-refractivity contribution >= 4 is 27.4 Å².